The Morgan fingerprint density at radius 2 is 2.10 bits per heavy atom. The molecule has 0 bridgehead atoms. The third-order valence-corrected chi connectivity index (χ3v) is 6.78. The number of amides is 3. The van der Waals surface area contributed by atoms with Crippen molar-refractivity contribution in [1.82, 2.24) is 14.9 Å². The number of aromatic nitrogens is 2. The standard InChI is InChI=1S/C19H20F3N5O2S/c1-10-14(11-4-7-24-13(9-11)18(5-6-18)19(20,21)22)30-16(25-10)26-17(29)27-8-2-3-12(27)15(23)28/h4,7,9,12H,2-3,5-6,8H2,1H3,(H2,23,28)(H,25,26,29)/t12-/m0/s1. The maximum Gasteiger partial charge on any atom is 0.399 e. The van der Waals surface area contributed by atoms with E-state index in [-0.39, 0.29) is 18.5 Å². The molecule has 1 aliphatic carbocycles. The Balaban J connectivity index is 1.56. The number of primary amides is 1. The molecule has 0 aromatic carbocycles. The van der Waals surface area contributed by atoms with Gasteiger partial charge in [-0.15, -0.1) is 0 Å². The van der Waals surface area contributed by atoms with Gasteiger partial charge in [0.25, 0.3) is 0 Å². The summed E-state index contributed by atoms with van der Waals surface area (Å²) in [5, 5.41) is 2.98. The first-order valence-corrected chi connectivity index (χ1v) is 10.3. The van der Waals surface area contributed by atoms with Gasteiger partial charge in [0.1, 0.15) is 11.5 Å². The van der Waals surface area contributed by atoms with Crippen LogP contribution in [0.5, 0.6) is 0 Å². The molecule has 4 rings (SSSR count). The van der Waals surface area contributed by atoms with E-state index in [1.165, 1.54) is 17.2 Å². The summed E-state index contributed by atoms with van der Waals surface area (Å²) >= 11 is 1.16. The van der Waals surface area contributed by atoms with Gasteiger partial charge in [-0.3, -0.25) is 15.1 Å². The first kappa shape index (κ1) is 20.6. The van der Waals surface area contributed by atoms with Gasteiger partial charge in [-0.2, -0.15) is 13.2 Å². The van der Waals surface area contributed by atoms with Crippen LogP contribution in [0.3, 0.4) is 0 Å². The average molecular weight is 439 g/mol. The Hall–Kier alpha value is -2.69. The van der Waals surface area contributed by atoms with Crippen LogP contribution in [0.4, 0.5) is 23.1 Å². The van der Waals surface area contributed by atoms with Gasteiger partial charge in [-0.1, -0.05) is 11.3 Å². The highest BCUT2D eigenvalue weighted by molar-refractivity contribution is 7.19. The molecule has 1 atom stereocenters. The lowest BCUT2D eigenvalue weighted by Gasteiger charge is -2.21. The molecule has 7 nitrogen and oxygen atoms in total. The minimum atomic E-state index is -4.34. The number of hydrogen-bond donors (Lipinski definition) is 2. The number of hydrogen-bond acceptors (Lipinski definition) is 5. The van der Waals surface area contributed by atoms with E-state index in [9.17, 15) is 22.8 Å². The van der Waals surface area contributed by atoms with Crippen molar-refractivity contribution < 1.29 is 22.8 Å². The van der Waals surface area contributed by atoms with Crippen LogP contribution in [0.2, 0.25) is 0 Å². The van der Waals surface area contributed by atoms with E-state index >= 15 is 0 Å². The summed E-state index contributed by atoms with van der Waals surface area (Å²) in [5.74, 6) is -0.554. The van der Waals surface area contributed by atoms with Gasteiger partial charge in [0, 0.05) is 12.7 Å². The van der Waals surface area contributed by atoms with Gasteiger partial charge in [0.2, 0.25) is 5.91 Å². The molecule has 2 aromatic rings. The van der Waals surface area contributed by atoms with Crippen molar-refractivity contribution in [3.63, 3.8) is 0 Å². The maximum atomic E-state index is 13.4. The summed E-state index contributed by atoms with van der Waals surface area (Å²) in [6.45, 7) is 2.14. The van der Waals surface area contributed by atoms with Crippen molar-refractivity contribution in [2.24, 2.45) is 5.73 Å². The number of likely N-dealkylation sites (tertiary alicyclic amines) is 1. The summed E-state index contributed by atoms with van der Waals surface area (Å²) in [4.78, 5) is 34.4. The molecule has 2 aromatic heterocycles. The van der Waals surface area contributed by atoms with Crippen LogP contribution in [0.15, 0.2) is 18.3 Å². The lowest BCUT2D eigenvalue weighted by Crippen LogP contribution is -2.45. The number of thiazole rings is 1. The molecule has 1 saturated heterocycles. The first-order chi connectivity index (χ1) is 14.1. The number of halogens is 3. The molecule has 1 aliphatic heterocycles. The molecular weight excluding hydrogens is 419 g/mol. The number of alkyl halides is 3. The number of urea groups is 1. The number of nitrogens with zero attached hydrogens (tertiary/aromatic N) is 3. The number of pyridine rings is 1. The third kappa shape index (κ3) is 3.51. The molecule has 160 valence electrons. The molecule has 2 aliphatic rings. The molecular formula is C19H20F3N5O2S. The number of carbonyl (C=O) groups is 2. The number of rotatable bonds is 4. The Morgan fingerprint density at radius 3 is 2.73 bits per heavy atom. The maximum absolute atomic E-state index is 13.4. The van der Waals surface area contributed by atoms with Crippen molar-refractivity contribution in [1.29, 1.82) is 0 Å². The van der Waals surface area contributed by atoms with Gasteiger partial charge < -0.3 is 10.6 Å². The molecule has 2 fully saturated rings. The van der Waals surface area contributed by atoms with E-state index in [0.29, 0.717) is 40.7 Å². The average Bonchev–Trinajstić information content (AvgIpc) is 3.22. The fourth-order valence-electron chi connectivity index (χ4n) is 3.83. The van der Waals surface area contributed by atoms with Crippen molar-refractivity contribution in [3.8, 4) is 10.4 Å². The predicted octanol–water partition coefficient (Wildman–Crippen LogP) is 3.59. The van der Waals surface area contributed by atoms with Crippen LogP contribution in [-0.4, -0.2) is 45.6 Å². The van der Waals surface area contributed by atoms with Crippen molar-refractivity contribution in [2.45, 2.75) is 50.2 Å². The van der Waals surface area contributed by atoms with E-state index in [1.807, 2.05) is 0 Å². The molecule has 3 amide bonds. The van der Waals surface area contributed by atoms with Crippen molar-refractivity contribution in [3.05, 3.63) is 29.7 Å². The Labute approximate surface area is 174 Å². The largest absolute Gasteiger partial charge is 0.399 e. The van der Waals surface area contributed by atoms with Crippen LogP contribution in [0.1, 0.15) is 37.1 Å². The molecule has 0 radical (unpaired) electrons. The summed E-state index contributed by atoms with van der Waals surface area (Å²) in [5.41, 5.74) is 4.64. The van der Waals surface area contributed by atoms with Gasteiger partial charge in [-0.25, -0.2) is 9.78 Å². The number of aryl methyl sites for hydroxylation is 1. The second-order valence-electron chi connectivity index (χ2n) is 7.63. The van der Waals surface area contributed by atoms with Gasteiger partial charge in [-0.05, 0) is 50.3 Å². The zero-order valence-corrected chi connectivity index (χ0v) is 16.9. The highest BCUT2D eigenvalue weighted by Crippen LogP contribution is 2.58. The SMILES string of the molecule is Cc1nc(NC(=O)N2CCC[C@H]2C(N)=O)sc1-c1ccnc(C2(C(F)(F)F)CC2)c1. The van der Waals surface area contributed by atoms with E-state index in [1.54, 1.807) is 13.0 Å². The van der Waals surface area contributed by atoms with Gasteiger partial charge in [0.15, 0.2) is 5.13 Å². The van der Waals surface area contributed by atoms with Crippen LogP contribution in [0.25, 0.3) is 10.4 Å². The highest BCUT2D eigenvalue weighted by Gasteiger charge is 2.65. The molecule has 11 heteroatoms. The molecule has 3 heterocycles. The van der Waals surface area contributed by atoms with Crippen LogP contribution in [0, 0.1) is 6.92 Å². The smallest absolute Gasteiger partial charge is 0.368 e. The first-order valence-electron chi connectivity index (χ1n) is 9.50. The molecule has 0 unspecified atom stereocenters. The summed E-state index contributed by atoms with van der Waals surface area (Å²) in [6.07, 6.45) is -1.70. The minimum absolute atomic E-state index is 0.00672. The Kier molecular flexibility index (Phi) is 4.95. The molecule has 1 saturated carbocycles. The zero-order valence-electron chi connectivity index (χ0n) is 16.1. The highest BCUT2D eigenvalue weighted by atomic mass is 32.1. The van der Waals surface area contributed by atoms with E-state index < -0.39 is 29.6 Å². The second-order valence-corrected chi connectivity index (χ2v) is 8.63. The monoisotopic (exact) mass is 439 g/mol. The number of anilines is 1. The zero-order chi connectivity index (χ0) is 21.7. The third-order valence-electron chi connectivity index (χ3n) is 5.66. The van der Waals surface area contributed by atoms with E-state index in [2.05, 4.69) is 15.3 Å². The lowest BCUT2D eigenvalue weighted by molar-refractivity contribution is -0.161. The Morgan fingerprint density at radius 1 is 1.37 bits per heavy atom. The van der Waals surface area contributed by atoms with Crippen molar-refractivity contribution >= 4 is 28.4 Å². The fraction of sp³-hybridized carbons (Fsp3) is 0.474. The van der Waals surface area contributed by atoms with Crippen LogP contribution in [-0.2, 0) is 10.2 Å². The normalized spacial score (nSPS) is 20.3. The Bertz CT molecular complexity index is 1000. The predicted molar refractivity (Wildman–Crippen MR) is 105 cm³/mol. The van der Waals surface area contributed by atoms with Gasteiger partial charge >= 0.3 is 12.2 Å². The number of nitrogens with two attached hydrogens (primary N) is 1. The molecule has 30 heavy (non-hydrogen) atoms. The minimum Gasteiger partial charge on any atom is -0.368 e. The van der Waals surface area contributed by atoms with E-state index in [4.69, 9.17) is 5.73 Å². The van der Waals surface area contributed by atoms with Crippen LogP contribution < -0.4 is 11.1 Å². The molecule has 0 spiro atoms. The summed E-state index contributed by atoms with van der Waals surface area (Å²) in [7, 11) is 0. The summed E-state index contributed by atoms with van der Waals surface area (Å²) in [6, 6.07) is 1.97. The van der Waals surface area contributed by atoms with Crippen LogP contribution >= 0.6 is 11.3 Å². The number of carbonyl (C=O) groups excluding carboxylic acids is 2. The molecule has 3 N–H and O–H groups in total. The van der Waals surface area contributed by atoms with Crippen molar-refractivity contribution in [2.75, 3.05) is 11.9 Å². The number of nitrogens with one attached hydrogen (secondary N) is 1. The fourth-order valence-corrected chi connectivity index (χ4v) is 4.78. The van der Waals surface area contributed by atoms with Gasteiger partial charge in [0.05, 0.1) is 16.3 Å². The quantitative estimate of drug-likeness (QED) is 0.760. The second kappa shape index (κ2) is 7.22. The van der Waals surface area contributed by atoms with E-state index in [0.717, 1.165) is 11.3 Å². The topological polar surface area (TPSA) is 101 Å². The lowest BCUT2D eigenvalue weighted by atomic mass is 9.99. The summed E-state index contributed by atoms with van der Waals surface area (Å²) < 4.78 is 40.3.